The summed E-state index contributed by atoms with van der Waals surface area (Å²) >= 11 is 0. The fourth-order valence-electron chi connectivity index (χ4n) is 3.66. The lowest BCUT2D eigenvalue weighted by molar-refractivity contribution is 0.0337. The number of nitrogens with zero attached hydrogens (tertiary/aromatic N) is 4. The van der Waals surface area contributed by atoms with Gasteiger partial charge in [0.05, 0.1) is 12.6 Å². The summed E-state index contributed by atoms with van der Waals surface area (Å²) in [7, 11) is 0. The summed E-state index contributed by atoms with van der Waals surface area (Å²) in [4.78, 5) is 4.57. The van der Waals surface area contributed by atoms with Crippen molar-refractivity contribution in [2.75, 3.05) is 39.3 Å². The lowest BCUT2D eigenvalue weighted by atomic mass is 10.1. The molecule has 1 fully saturated rings. The van der Waals surface area contributed by atoms with Crippen LogP contribution in [-0.4, -0.2) is 81.3 Å². The van der Waals surface area contributed by atoms with Gasteiger partial charge in [-0.1, -0.05) is 19.1 Å². The Morgan fingerprint density at radius 2 is 2.10 bits per heavy atom. The Labute approximate surface area is 173 Å². The SMILES string of the molecule is CCN(CCn1cccn1)Cc1cccc(OC[C@@H](O)CN2CCC(O)CC2)c1. The molecular weight excluding hydrogens is 368 g/mol. The molecule has 160 valence electrons. The van der Waals surface area contributed by atoms with Crippen LogP contribution in [-0.2, 0) is 13.1 Å². The van der Waals surface area contributed by atoms with E-state index in [0.717, 1.165) is 57.9 Å². The van der Waals surface area contributed by atoms with Crippen LogP contribution in [0, 0.1) is 0 Å². The zero-order valence-corrected chi connectivity index (χ0v) is 17.4. The van der Waals surface area contributed by atoms with E-state index < -0.39 is 6.10 Å². The number of aliphatic hydroxyl groups excluding tert-OH is 2. The molecule has 7 heteroatoms. The van der Waals surface area contributed by atoms with Gasteiger partial charge in [-0.2, -0.15) is 5.10 Å². The van der Waals surface area contributed by atoms with Crippen molar-refractivity contribution in [1.82, 2.24) is 19.6 Å². The van der Waals surface area contributed by atoms with Gasteiger partial charge in [-0.05, 0) is 43.1 Å². The van der Waals surface area contributed by atoms with Crippen LogP contribution in [0.5, 0.6) is 5.75 Å². The number of piperidine rings is 1. The van der Waals surface area contributed by atoms with Crippen molar-refractivity contribution in [3.8, 4) is 5.75 Å². The van der Waals surface area contributed by atoms with Crippen LogP contribution >= 0.6 is 0 Å². The summed E-state index contributed by atoms with van der Waals surface area (Å²) in [6.07, 6.45) is 4.63. The molecule has 7 nitrogen and oxygen atoms in total. The molecule has 1 atom stereocenters. The molecule has 2 aromatic rings. The number of hydrogen-bond donors (Lipinski definition) is 2. The van der Waals surface area contributed by atoms with Crippen molar-refractivity contribution in [3.05, 3.63) is 48.3 Å². The summed E-state index contributed by atoms with van der Waals surface area (Å²) in [6, 6.07) is 10.1. The average Bonchev–Trinajstić information content (AvgIpc) is 3.25. The summed E-state index contributed by atoms with van der Waals surface area (Å²) in [5.74, 6) is 0.791. The fourth-order valence-corrected chi connectivity index (χ4v) is 3.66. The van der Waals surface area contributed by atoms with Crippen LogP contribution in [0.25, 0.3) is 0 Å². The van der Waals surface area contributed by atoms with Crippen LogP contribution in [0.1, 0.15) is 25.3 Å². The molecule has 1 aromatic heterocycles. The number of likely N-dealkylation sites (N-methyl/N-ethyl adjacent to an activating group) is 1. The Morgan fingerprint density at radius 3 is 2.83 bits per heavy atom. The minimum Gasteiger partial charge on any atom is -0.491 e. The molecule has 3 rings (SSSR count). The molecule has 0 radical (unpaired) electrons. The molecule has 0 unspecified atom stereocenters. The highest BCUT2D eigenvalue weighted by Gasteiger charge is 2.19. The van der Waals surface area contributed by atoms with Crippen molar-refractivity contribution in [3.63, 3.8) is 0 Å². The molecule has 1 aromatic carbocycles. The highest BCUT2D eigenvalue weighted by molar-refractivity contribution is 5.28. The fraction of sp³-hybridized carbons (Fsp3) is 0.591. The highest BCUT2D eigenvalue weighted by Crippen LogP contribution is 2.16. The van der Waals surface area contributed by atoms with Gasteiger partial charge in [-0.3, -0.25) is 9.58 Å². The molecule has 0 amide bonds. The minimum atomic E-state index is -0.532. The van der Waals surface area contributed by atoms with E-state index in [1.54, 1.807) is 6.20 Å². The van der Waals surface area contributed by atoms with E-state index in [2.05, 4.69) is 34.0 Å². The first-order valence-corrected chi connectivity index (χ1v) is 10.6. The van der Waals surface area contributed by atoms with E-state index in [-0.39, 0.29) is 12.7 Å². The number of benzene rings is 1. The summed E-state index contributed by atoms with van der Waals surface area (Å²) in [6.45, 7) is 8.33. The quantitative estimate of drug-likeness (QED) is 0.595. The van der Waals surface area contributed by atoms with Gasteiger partial charge < -0.3 is 19.8 Å². The second-order valence-corrected chi connectivity index (χ2v) is 7.78. The van der Waals surface area contributed by atoms with E-state index in [0.29, 0.717) is 6.54 Å². The maximum atomic E-state index is 10.3. The number of likely N-dealkylation sites (tertiary alicyclic amines) is 1. The number of β-amino-alcohol motifs (C(OH)–C–C–N with tert-alkyl or cyclic N) is 1. The molecule has 0 aliphatic carbocycles. The normalized spacial score (nSPS) is 17.0. The number of ether oxygens (including phenoxy) is 1. The third-order valence-electron chi connectivity index (χ3n) is 5.42. The number of aliphatic hydroxyl groups is 2. The van der Waals surface area contributed by atoms with Crippen LogP contribution in [0.4, 0.5) is 0 Å². The Hall–Kier alpha value is -1.93. The van der Waals surface area contributed by atoms with Crippen LogP contribution in [0.3, 0.4) is 0 Å². The van der Waals surface area contributed by atoms with Crippen LogP contribution in [0.2, 0.25) is 0 Å². The summed E-state index contributed by atoms with van der Waals surface area (Å²) in [5.41, 5.74) is 1.20. The monoisotopic (exact) mass is 402 g/mol. The van der Waals surface area contributed by atoms with Gasteiger partial charge >= 0.3 is 0 Å². The van der Waals surface area contributed by atoms with Crippen LogP contribution in [0.15, 0.2) is 42.7 Å². The molecule has 29 heavy (non-hydrogen) atoms. The second kappa shape index (κ2) is 11.3. The number of hydrogen-bond acceptors (Lipinski definition) is 6. The standard InChI is InChI=1S/C22H34N4O3/c1-2-24(13-14-26-10-4-9-23-26)16-19-5-3-6-22(15-19)29-18-21(28)17-25-11-7-20(27)8-12-25/h3-6,9-10,15,20-21,27-28H,2,7-8,11-14,16-18H2,1H3/t21-/m0/s1. The molecule has 0 spiro atoms. The Morgan fingerprint density at radius 1 is 1.28 bits per heavy atom. The van der Waals surface area contributed by atoms with Crippen molar-refractivity contribution in [2.24, 2.45) is 0 Å². The predicted octanol–water partition coefficient (Wildman–Crippen LogP) is 1.60. The third-order valence-corrected chi connectivity index (χ3v) is 5.42. The van der Waals surface area contributed by atoms with E-state index in [4.69, 9.17) is 4.74 Å². The van der Waals surface area contributed by atoms with Gasteiger partial charge in [0.15, 0.2) is 0 Å². The molecule has 1 saturated heterocycles. The molecule has 0 bridgehead atoms. The highest BCUT2D eigenvalue weighted by atomic mass is 16.5. The van der Waals surface area contributed by atoms with Gasteiger partial charge in [-0.25, -0.2) is 0 Å². The van der Waals surface area contributed by atoms with E-state index in [1.165, 1.54) is 5.56 Å². The van der Waals surface area contributed by atoms with E-state index >= 15 is 0 Å². The van der Waals surface area contributed by atoms with E-state index in [1.807, 2.05) is 29.1 Å². The lowest BCUT2D eigenvalue weighted by Gasteiger charge is -2.30. The largest absolute Gasteiger partial charge is 0.491 e. The predicted molar refractivity (Wildman–Crippen MR) is 113 cm³/mol. The molecular formula is C22H34N4O3. The molecule has 0 saturated carbocycles. The number of aromatic nitrogens is 2. The van der Waals surface area contributed by atoms with Gasteiger partial charge in [0.25, 0.3) is 0 Å². The first kappa shape index (κ1) is 21.8. The topological polar surface area (TPSA) is 74.0 Å². The molecule has 1 aliphatic heterocycles. The lowest BCUT2D eigenvalue weighted by Crippen LogP contribution is -2.41. The van der Waals surface area contributed by atoms with Gasteiger partial charge in [-0.15, -0.1) is 0 Å². The maximum absolute atomic E-state index is 10.3. The van der Waals surface area contributed by atoms with Crippen molar-refractivity contribution in [1.29, 1.82) is 0 Å². The summed E-state index contributed by atoms with van der Waals surface area (Å²) in [5, 5.41) is 24.1. The van der Waals surface area contributed by atoms with Crippen molar-refractivity contribution in [2.45, 2.75) is 45.1 Å². The third kappa shape index (κ3) is 7.44. The van der Waals surface area contributed by atoms with Gasteiger partial charge in [0.1, 0.15) is 18.5 Å². The maximum Gasteiger partial charge on any atom is 0.119 e. The summed E-state index contributed by atoms with van der Waals surface area (Å²) < 4.78 is 7.80. The number of rotatable bonds is 11. The zero-order chi connectivity index (χ0) is 20.5. The Kier molecular flexibility index (Phi) is 8.49. The van der Waals surface area contributed by atoms with Crippen molar-refractivity contribution < 1.29 is 14.9 Å². The Balaban J connectivity index is 1.43. The van der Waals surface area contributed by atoms with Crippen molar-refractivity contribution >= 4 is 0 Å². The van der Waals surface area contributed by atoms with E-state index in [9.17, 15) is 10.2 Å². The van der Waals surface area contributed by atoms with Gasteiger partial charge in [0, 0.05) is 45.1 Å². The average molecular weight is 403 g/mol. The van der Waals surface area contributed by atoms with Crippen LogP contribution < -0.4 is 4.74 Å². The molecule has 1 aliphatic rings. The van der Waals surface area contributed by atoms with Gasteiger partial charge in [0.2, 0.25) is 0 Å². The molecule has 2 heterocycles. The Bertz CT molecular complexity index is 702. The first-order valence-electron chi connectivity index (χ1n) is 10.6. The zero-order valence-electron chi connectivity index (χ0n) is 17.4. The minimum absolute atomic E-state index is 0.190. The first-order chi connectivity index (χ1) is 14.1. The smallest absolute Gasteiger partial charge is 0.119 e. The second-order valence-electron chi connectivity index (χ2n) is 7.78. The molecule has 2 N–H and O–H groups in total.